The van der Waals surface area contributed by atoms with Gasteiger partial charge in [-0.05, 0) is 73.2 Å². The average molecular weight is 557 g/mol. The summed E-state index contributed by atoms with van der Waals surface area (Å²) in [6.45, 7) is 6.91. The van der Waals surface area contributed by atoms with Crippen molar-refractivity contribution in [3.63, 3.8) is 0 Å². The molecule has 0 bridgehead atoms. The van der Waals surface area contributed by atoms with E-state index in [0.29, 0.717) is 30.8 Å². The molecule has 0 saturated carbocycles. The summed E-state index contributed by atoms with van der Waals surface area (Å²) in [5, 5.41) is 0. The maximum atomic E-state index is 13.7. The van der Waals surface area contributed by atoms with Gasteiger partial charge in [0.25, 0.3) is 16.0 Å². The van der Waals surface area contributed by atoms with Gasteiger partial charge < -0.3 is 9.64 Å². The topological polar surface area (TPSA) is 87.2 Å². The first-order chi connectivity index (χ1) is 16.0. The number of amides is 1. The Morgan fingerprint density at radius 1 is 1.09 bits per heavy atom. The molecule has 1 aliphatic heterocycles. The third kappa shape index (κ3) is 7.76. The number of hydrogen-bond donors (Lipinski definition) is 1. The van der Waals surface area contributed by atoms with Crippen molar-refractivity contribution >= 4 is 32.0 Å². The van der Waals surface area contributed by atoms with Crippen molar-refractivity contribution in [1.82, 2.24) is 9.80 Å². The normalized spacial score (nSPS) is 14.9. The Bertz CT molecular complexity index is 1130. The fraction of sp³-hybridized carbons (Fsp3) is 0.458. The summed E-state index contributed by atoms with van der Waals surface area (Å²) in [5.41, 5.74) is 3.42. The molecular weight excluding hydrogens is 527 g/mol. The fourth-order valence-corrected chi connectivity index (χ4v) is 4.89. The molecule has 0 atom stereocenters. The SMILES string of the molecule is Cc1cc(CN2CCN(C(=O)COc3ccc(Br)cc3CCCS(=O)(=O)O)CC2)c(C)cc1F. The van der Waals surface area contributed by atoms with E-state index in [-0.39, 0.29) is 30.5 Å². The van der Waals surface area contributed by atoms with Gasteiger partial charge in [-0.15, -0.1) is 0 Å². The predicted octanol–water partition coefficient (Wildman–Crippen LogP) is 3.75. The molecule has 0 spiro atoms. The molecule has 10 heteroatoms. The van der Waals surface area contributed by atoms with E-state index in [1.54, 1.807) is 30.0 Å². The molecule has 0 radical (unpaired) electrons. The van der Waals surface area contributed by atoms with Crippen LogP contribution in [0.5, 0.6) is 5.75 Å². The van der Waals surface area contributed by atoms with Gasteiger partial charge in [-0.25, -0.2) is 4.39 Å². The molecule has 3 rings (SSSR count). The minimum absolute atomic E-state index is 0.108. The number of ether oxygens (including phenoxy) is 1. The highest BCUT2D eigenvalue weighted by Crippen LogP contribution is 2.25. The van der Waals surface area contributed by atoms with Gasteiger partial charge in [-0.3, -0.25) is 14.2 Å². The Hall–Kier alpha value is -2.01. The minimum atomic E-state index is -4.02. The molecule has 1 amide bonds. The largest absolute Gasteiger partial charge is 0.483 e. The molecule has 34 heavy (non-hydrogen) atoms. The van der Waals surface area contributed by atoms with Gasteiger partial charge in [0.15, 0.2) is 6.61 Å². The van der Waals surface area contributed by atoms with Crippen molar-refractivity contribution in [2.45, 2.75) is 33.2 Å². The lowest BCUT2D eigenvalue weighted by molar-refractivity contribution is -0.135. The van der Waals surface area contributed by atoms with Crippen LogP contribution in [-0.4, -0.2) is 67.2 Å². The molecule has 7 nitrogen and oxygen atoms in total. The highest BCUT2D eigenvalue weighted by Gasteiger charge is 2.22. The molecule has 1 heterocycles. The summed E-state index contributed by atoms with van der Waals surface area (Å²) < 4.78 is 51.2. The molecule has 1 aliphatic rings. The summed E-state index contributed by atoms with van der Waals surface area (Å²) in [5.74, 6) is -0.115. The van der Waals surface area contributed by atoms with Crippen LogP contribution >= 0.6 is 15.9 Å². The van der Waals surface area contributed by atoms with Crippen LogP contribution in [0.25, 0.3) is 0 Å². The Balaban J connectivity index is 1.50. The fourth-order valence-electron chi connectivity index (χ4n) is 3.97. The number of carbonyl (C=O) groups excluding carboxylic acids is 1. The van der Waals surface area contributed by atoms with E-state index in [1.165, 1.54) is 0 Å². The summed E-state index contributed by atoms with van der Waals surface area (Å²) >= 11 is 3.39. The Morgan fingerprint density at radius 3 is 2.47 bits per heavy atom. The van der Waals surface area contributed by atoms with Crippen LogP contribution in [0.15, 0.2) is 34.8 Å². The van der Waals surface area contributed by atoms with E-state index >= 15 is 0 Å². The van der Waals surface area contributed by atoms with Crippen LogP contribution in [0.4, 0.5) is 4.39 Å². The van der Waals surface area contributed by atoms with Crippen molar-refractivity contribution in [2.75, 3.05) is 38.5 Å². The quantitative estimate of drug-likeness (QED) is 0.473. The van der Waals surface area contributed by atoms with Crippen LogP contribution in [-0.2, 0) is 27.9 Å². The van der Waals surface area contributed by atoms with Crippen molar-refractivity contribution in [1.29, 1.82) is 0 Å². The van der Waals surface area contributed by atoms with Crippen LogP contribution in [0, 0.1) is 19.7 Å². The van der Waals surface area contributed by atoms with Gasteiger partial charge in [0.05, 0.1) is 5.75 Å². The lowest BCUT2D eigenvalue weighted by Crippen LogP contribution is -2.49. The molecule has 1 fully saturated rings. The van der Waals surface area contributed by atoms with Crippen LogP contribution < -0.4 is 4.74 Å². The predicted molar refractivity (Wildman–Crippen MR) is 132 cm³/mol. The number of hydrogen-bond acceptors (Lipinski definition) is 5. The lowest BCUT2D eigenvalue weighted by Gasteiger charge is -2.35. The molecule has 0 unspecified atom stereocenters. The maximum Gasteiger partial charge on any atom is 0.264 e. The van der Waals surface area contributed by atoms with Crippen molar-refractivity contribution in [3.8, 4) is 5.75 Å². The lowest BCUT2D eigenvalue weighted by atomic mass is 10.0. The van der Waals surface area contributed by atoms with Gasteiger partial charge in [0.1, 0.15) is 11.6 Å². The summed E-state index contributed by atoms with van der Waals surface area (Å²) in [6, 6.07) is 8.82. The van der Waals surface area contributed by atoms with E-state index in [9.17, 15) is 17.6 Å². The number of nitrogens with zero attached hydrogens (tertiary/aromatic N) is 2. The molecule has 186 valence electrons. The zero-order valence-electron chi connectivity index (χ0n) is 19.4. The number of piperazine rings is 1. The minimum Gasteiger partial charge on any atom is -0.483 e. The molecule has 2 aromatic carbocycles. The van der Waals surface area contributed by atoms with Crippen molar-refractivity contribution < 1.29 is 26.9 Å². The van der Waals surface area contributed by atoms with E-state index in [2.05, 4.69) is 20.8 Å². The smallest absolute Gasteiger partial charge is 0.264 e. The third-order valence-electron chi connectivity index (χ3n) is 5.96. The second-order valence-electron chi connectivity index (χ2n) is 8.62. The Labute approximate surface area is 208 Å². The molecule has 0 aromatic heterocycles. The second-order valence-corrected chi connectivity index (χ2v) is 11.1. The van der Waals surface area contributed by atoms with E-state index in [1.807, 2.05) is 19.1 Å². The zero-order valence-corrected chi connectivity index (χ0v) is 21.8. The average Bonchev–Trinajstić information content (AvgIpc) is 2.76. The summed E-state index contributed by atoms with van der Waals surface area (Å²) in [4.78, 5) is 16.7. The standard InChI is InChI=1S/C24H30BrFN2O5S/c1-17-13-22(26)18(2)12-20(17)15-27-7-9-28(10-8-27)24(29)16-33-23-6-5-21(25)14-19(23)4-3-11-34(30,31)32/h5-6,12-14H,3-4,7-11,15-16H2,1-2H3,(H,30,31,32). The zero-order chi connectivity index (χ0) is 24.9. The first-order valence-electron chi connectivity index (χ1n) is 11.1. The van der Waals surface area contributed by atoms with Gasteiger partial charge >= 0.3 is 0 Å². The number of benzene rings is 2. The maximum absolute atomic E-state index is 13.7. The first kappa shape index (κ1) is 26.6. The third-order valence-corrected chi connectivity index (χ3v) is 7.26. The molecule has 1 N–H and O–H groups in total. The van der Waals surface area contributed by atoms with Crippen molar-refractivity contribution in [3.05, 3.63) is 62.9 Å². The van der Waals surface area contributed by atoms with E-state index < -0.39 is 10.1 Å². The van der Waals surface area contributed by atoms with Gasteiger partial charge in [-0.1, -0.05) is 22.0 Å². The van der Waals surface area contributed by atoms with Gasteiger partial charge in [0.2, 0.25) is 0 Å². The van der Waals surface area contributed by atoms with Crippen LogP contribution in [0.3, 0.4) is 0 Å². The Kier molecular flexibility index (Phi) is 9.08. The van der Waals surface area contributed by atoms with Gasteiger partial charge in [-0.2, -0.15) is 8.42 Å². The number of rotatable bonds is 9. The second kappa shape index (κ2) is 11.6. The monoisotopic (exact) mass is 556 g/mol. The van der Waals surface area contributed by atoms with E-state index in [0.717, 1.165) is 40.8 Å². The highest BCUT2D eigenvalue weighted by atomic mass is 79.9. The molecule has 2 aromatic rings. The number of aryl methyl sites for hydroxylation is 3. The highest BCUT2D eigenvalue weighted by molar-refractivity contribution is 9.10. The van der Waals surface area contributed by atoms with Crippen molar-refractivity contribution in [2.24, 2.45) is 0 Å². The van der Waals surface area contributed by atoms with E-state index in [4.69, 9.17) is 9.29 Å². The summed E-state index contributed by atoms with van der Waals surface area (Å²) in [7, 11) is -4.02. The number of carbonyl (C=O) groups is 1. The molecule has 0 aliphatic carbocycles. The molecular formula is C24H30BrFN2O5S. The molecule has 1 saturated heterocycles. The number of halogens is 2. The van der Waals surface area contributed by atoms with Crippen LogP contribution in [0.1, 0.15) is 28.7 Å². The van der Waals surface area contributed by atoms with Crippen LogP contribution in [0.2, 0.25) is 0 Å². The Morgan fingerprint density at radius 2 is 1.79 bits per heavy atom. The summed E-state index contributed by atoms with van der Waals surface area (Å²) in [6.07, 6.45) is 0.637. The first-order valence-corrected chi connectivity index (χ1v) is 13.5. The van der Waals surface area contributed by atoms with Gasteiger partial charge in [0, 0.05) is 37.2 Å².